The minimum atomic E-state index is -4.58. The summed E-state index contributed by atoms with van der Waals surface area (Å²) in [5, 5.41) is 24.2. The number of aryl methyl sites for hydroxylation is 1. The van der Waals surface area contributed by atoms with Crippen LogP contribution in [0.25, 0.3) is 11.1 Å². The number of aromatic nitrogens is 3. The fourth-order valence-electron chi connectivity index (χ4n) is 2.93. The van der Waals surface area contributed by atoms with Crippen LogP contribution in [-0.4, -0.2) is 43.3 Å². The zero-order valence-electron chi connectivity index (χ0n) is 17.1. The first-order chi connectivity index (χ1) is 15.0. The van der Waals surface area contributed by atoms with Crippen molar-refractivity contribution >= 4 is 23.4 Å². The van der Waals surface area contributed by atoms with Crippen molar-refractivity contribution in [3.63, 3.8) is 0 Å². The topological polar surface area (TPSA) is 120 Å². The molecule has 1 aromatic carbocycles. The van der Waals surface area contributed by atoms with Crippen LogP contribution in [0, 0.1) is 6.92 Å². The molecule has 4 N–H and O–H groups in total. The molecule has 0 unspecified atom stereocenters. The number of aliphatic hydroxyl groups is 1. The highest BCUT2D eigenvalue weighted by molar-refractivity contribution is 5.78. The Hall–Kier alpha value is -3.73. The minimum Gasteiger partial charge on any atom is -0.480 e. The average molecular weight is 447 g/mol. The van der Waals surface area contributed by atoms with Gasteiger partial charge in [-0.3, -0.25) is 0 Å². The van der Waals surface area contributed by atoms with E-state index in [-0.39, 0.29) is 11.8 Å². The Morgan fingerprint density at radius 1 is 1.09 bits per heavy atom. The van der Waals surface area contributed by atoms with Gasteiger partial charge in [0.15, 0.2) is 6.04 Å². The third-order valence-electron chi connectivity index (χ3n) is 4.43. The summed E-state index contributed by atoms with van der Waals surface area (Å²) in [5.41, 5.74) is 1.69. The Bertz CT molecular complexity index is 1100. The predicted molar refractivity (Wildman–Crippen MR) is 111 cm³/mol. The Labute approximate surface area is 181 Å². The molecule has 0 fully saturated rings. The van der Waals surface area contributed by atoms with Crippen molar-refractivity contribution in [2.24, 2.45) is 0 Å². The van der Waals surface area contributed by atoms with Gasteiger partial charge in [-0.2, -0.15) is 13.2 Å². The standard InChI is InChI=1S/C21H20F3N5O3/c1-11-7-14(13-3-4-17(26-10-13)29-18(12(2)30)19(31)32)9-15(8-11)27-20-25-6-5-16(28-20)21(22,23)24/h3-10,12,18,30H,1-2H3,(H,26,29)(H,31,32)(H,25,27,28)/t12-,18+/m1/s1. The molecule has 0 saturated heterocycles. The molecule has 2 atom stereocenters. The summed E-state index contributed by atoms with van der Waals surface area (Å²) < 4.78 is 38.6. The summed E-state index contributed by atoms with van der Waals surface area (Å²) in [6.07, 6.45) is -3.16. The zero-order chi connectivity index (χ0) is 23.5. The van der Waals surface area contributed by atoms with Gasteiger partial charge >= 0.3 is 12.1 Å². The predicted octanol–water partition coefficient (Wildman–Crippen LogP) is 3.86. The summed E-state index contributed by atoms with van der Waals surface area (Å²) >= 11 is 0. The molecule has 0 bridgehead atoms. The van der Waals surface area contributed by atoms with E-state index in [1.54, 1.807) is 24.3 Å². The first-order valence-corrected chi connectivity index (χ1v) is 9.46. The van der Waals surface area contributed by atoms with Crippen LogP contribution in [0.3, 0.4) is 0 Å². The molecule has 2 heterocycles. The second kappa shape index (κ2) is 9.18. The highest BCUT2D eigenvalue weighted by atomic mass is 19.4. The second-order valence-electron chi connectivity index (χ2n) is 7.11. The van der Waals surface area contributed by atoms with Crippen LogP contribution in [0.2, 0.25) is 0 Å². The van der Waals surface area contributed by atoms with E-state index in [1.807, 2.05) is 13.0 Å². The quantitative estimate of drug-likeness (QED) is 0.431. The highest BCUT2D eigenvalue weighted by Crippen LogP contribution is 2.29. The highest BCUT2D eigenvalue weighted by Gasteiger charge is 2.32. The SMILES string of the molecule is Cc1cc(Nc2nccc(C(F)(F)F)n2)cc(-c2ccc(N[C@H](C(=O)O)[C@@H](C)O)nc2)c1. The molecule has 0 spiro atoms. The molecule has 0 aliphatic carbocycles. The maximum atomic E-state index is 12.9. The van der Waals surface area contributed by atoms with Gasteiger partial charge in [0.05, 0.1) is 6.10 Å². The molecule has 11 heteroatoms. The van der Waals surface area contributed by atoms with Gasteiger partial charge in [0.25, 0.3) is 0 Å². The number of carboxylic acids is 1. The van der Waals surface area contributed by atoms with Gasteiger partial charge in [-0.25, -0.2) is 19.7 Å². The number of anilines is 3. The molecule has 32 heavy (non-hydrogen) atoms. The van der Waals surface area contributed by atoms with E-state index < -0.39 is 30.0 Å². The summed E-state index contributed by atoms with van der Waals surface area (Å²) in [5.74, 6) is -1.13. The Morgan fingerprint density at radius 2 is 1.84 bits per heavy atom. The molecular formula is C21H20F3N5O3. The minimum absolute atomic E-state index is 0.188. The normalized spacial score (nSPS) is 13.3. The van der Waals surface area contributed by atoms with Gasteiger partial charge in [-0.15, -0.1) is 0 Å². The van der Waals surface area contributed by atoms with Gasteiger partial charge in [0.2, 0.25) is 5.95 Å². The first-order valence-electron chi connectivity index (χ1n) is 9.46. The number of halogens is 3. The molecular weight excluding hydrogens is 427 g/mol. The molecule has 168 valence electrons. The average Bonchev–Trinajstić information content (AvgIpc) is 2.71. The van der Waals surface area contributed by atoms with Crippen LogP contribution in [0.1, 0.15) is 18.2 Å². The summed E-state index contributed by atoms with van der Waals surface area (Å²) in [6.45, 7) is 3.18. The molecule has 3 rings (SSSR count). The molecule has 0 saturated carbocycles. The molecule has 8 nitrogen and oxygen atoms in total. The van der Waals surface area contributed by atoms with Gasteiger partial charge in [0.1, 0.15) is 11.5 Å². The van der Waals surface area contributed by atoms with E-state index in [0.29, 0.717) is 11.3 Å². The number of aliphatic carboxylic acids is 1. The number of rotatable bonds is 7. The van der Waals surface area contributed by atoms with Crippen LogP contribution < -0.4 is 10.6 Å². The number of alkyl halides is 3. The number of nitrogens with zero attached hydrogens (tertiary/aromatic N) is 3. The lowest BCUT2D eigenvalue weighted by Crippen LogP contribution is -2.39. The van der Waals surface area contributed by atoms with Crippen molar-refractivity contribution < 1.29 is 28.2 Å². The van der Waals surface area contributed by atoms with Crippen LogP contribution in [0.4, 0.5) is 30.6 Å². The van der Waals surface area contributed by atoms with Crippen molar-refractivity contribution in [3.05, 3.63) is 60.0 Å². The fraction of sp³-hybridized carbons (Fsp3) is 0.238. The van der Waals surface area contributed by atoms with Gasteiger partial charge < -0.3 is 20.8 Å². The first kappa shape index (κ1) is 22.9. The lowest BCUT2D eigenvalue weighted by molar-refractivity contribution is -0.141. The molecule has 0 aliphatic rings. The number of nitrogens with one attached hydrogen (secondary N) is 2. The molecule has 0 amide bonds. The third kappa shape index (κ3) is 5.70. The summed E-state index contributed by atoms with van der Waals surface area (Å²) in [4.78, 5) is 22.7. The Morgan fingerprint density at radius 3 is 2.44 bits per heavy atom. The fourth-order valence-corrected chi connectivity index (χ4v) is 2.93. The maximum absolute atomic E-state index is 12.9. The van der Waals surface area contributed by atoms with Crippen LogP contribution >= 0.6 is 0 Å². The number of aliphatic hydroxyl groups excluding tert-OH is 1. The largest absolute Gasteiger partial charge is 0.480 e. The third-order valence-corrected chi connectivity index (χ3v) is 4.43. The number of hydrogen-bond donors (Lipinski definition) is 4. The van der Waals surface area contributed by atoms with E-state index in [1.165, 1.54) is 13.1 Å². The van der Waals surface area contributed by atoms with Crippen LogP contribution in [0.15, 0.2) is 48.8 Å². The number of benzene rings is 1. The lowest BCUT2D eigenvalue weighted by atomic mass is 10.0. The smallest absolute Gasteiger partial charge is 0.433 e. The number of carbonyl (C=O) groups is 1. The van der Waals surface area contributed by atoms with E-state index in [2.05, 4.69) is 25.6 Å². The van der Waals surface area contributed by atoms with Crippen molar-refractivity contribution in [2.45, 2.75) is 32.2 Å². The number of pyridine rings is 1. The maximum Gasteiger partial charge on any atom is 0.433 e. The molecule has 3 aromatic rings. The zero-order valence-corrected chi connectivity index (χ0v) is 17.1. The van der Waals surface area contributed by atoms with Crippen molar-refractivity contribution in [2.75, 3.05) is 10.6 Å². The van der Waals surface area contributed by atoms with Crippen molar-refractivity contribution in [1.82, 2.24) is 15.0 Å². The number of hydrogen-bond acceptors (Lipinski definition) is 7. The van der Waals surface area contributed by atoms with E-state index in [0.717, 1.165) is 23.4 Å². The van der Waals surface area contributed by atoms with Gasteiger partial charge in [0, 0.05) is 23.6 Å². The number of carboxylic acid groups (broad SMARTS) is 1. The van der Waals surface area contributed by atoms with E-state index in [9.17, 15) is 23.1 Å². The molecule has 0 radical (unpaired) electrons. The second-order valence-corrected chi connectivity index (χ2v) is 7.11. The summed E-state index contributed by atoms with van der Waals surface area (Å²) in [7, 11) is 0. The molecule has 2 aromatic heterocycles. The van der Waals surface area contributed by atoms with E-state index in [4.69, 9.17) is 5.11 Å². The molecule has 0 aliphatic heterocycles. The Kier molecular flexibility index (Phi) is 6.58. The monoisotopic (exact) mass is 447 g/mol. The van der Waals surface area contributed by atoms with E-state index >= 15 is 0 Å². The Balaban J connectivity index is 1.82. The lowest BCUT2D eigenvalue weighted by Gasteiger charge is -2.17. The van der Waals surface area contributed by atoms with Crippen LogP contribution in [0.5, 0.6) is 0 Å². The van der Waals surface area contributed by atoms with Crippen molar-refractivity contribution in [1.29, 1.82) is 0 Å². The van der Waals surface area contributed by atoms with Gasteiger partial charge in [-0.05, 0) is 55.3 Å². The summed E-state index contributed by atoms with van der Waals surface area (Å²) in [6, 6.07) is 8.15. The van der Waals surface area contributed by atoms with Crippen LogP contribution in [-0.2, 0) is 11.0 Å². The van der Waals surface area contributed by atoms with Crippen molar-refractivity contribution in [3.8, 4) is 11.1 Å². The van der Waals surface area contributed by atoms with Gasteiger partial charge in [-0.1, -0.05) is 6.07 Å².